The van der Waals surface area contributed by atoms with Gasteiger partial charge in [-0.3, -0.25) is 14.5 Å². The van der Waals surface area contributed by atoms with Crippen LogP contribution in [0.4, 0.5) is 5.69 Å². The largest absolute Gasteiger partial charge is 0.504 e. The lowest BCUT2D eigenvalue weighted by molar-refractivity contribution is 0.0971. The molecule has 0 spiro atoms. The molecule has 1 aliphatic rings. The Balaban J connectivity index is 1.84. The lowest BCUT2D eigenvalue weighted by atomic mass is 9.97. The van der Waals surface area contributed by atoms with Crippen molar-refractivity contribution in [3.8, 4) is 11.5 Å². The molecule has 6 nitrogen and oxygen atoms in total. The van der Waals surface area contributed by atoms with E-state index in [1.165, 1.54) is 13.2 Å². The maximum Gasteiger partial charge on any atom is 0.295 e. The van der Waals surface area contributed by atoms with Crippen molar-refractivity contribution < 1.29 is 19.1 Å². The molecule has 6 heteroatoms. The van der Waals surface area contributed by atoms with E-state index in [1.54, 1.807) is 29.2 Å². The standard InChI is InChI=1S/C26H21NO5/c1-14-11-18-20(12-15(14)2)32-25-22(24(18)29)23(16-9-10-19(28)21(13-16)31-3)27(26(25)30)17-7-5-4-6-8-17/h4-13,23,28H,1-3H3. The Labute approximate surface area is 184 Å². The van der Waals surface area contributed by atoms with Crippen LogP contribution in [0.5, 0.6) is 11.5 Å². The second-order valence-corrected chi connectivity index (χ2v) is 7.95. The molecule has 1 atom stereocenters. The van der Waals surface area contributed by atoms with Crippen molar-refractivity contribution in [3.05, 3.63) is 98.9 Å². The summed E-state index contributed by atoms with van der Waals surface area (Å²) in [7, 11) is 1.45. The van der Waals surface area contributed by atoms with Crippen molar-refractivity contribution in [2.45, 2.75) is 19.9 Å². The van der Waals surface area contributed by atoms with Gasteiger partial charge in [0.15, 0.2) is 16.9 Å². The van der Waals surface area contributed by atoms with Gasteiger partial charge in [-0.15, -0.1) is 0 Å². The van der Waals surface area contributed by atoms with Gasteiger partial charge in [0.25, 0.3) is 5.91 Å². The van der Waals surface area contributed by atoms with Gasteiger partial charge in [-0.1, -0.05) is 24.3 Å². The monoisotopic (exact) mass is 427 g/mol. The van der Waals surface area contributed by atoms with E-state index >= 15 is 0 Å². The zero-order valence-electron chi connectivity index (χ0n) is 17.9. The highest BCUT2D eigenvalue weighted by Crippen LogP contribution is 2.43. The molecule has 0 bridgehead atoms. The number of para-hydroxylation sites is 1. The first-order valence-electron chi connectivity index (χ1n) is 10.2. The molecule has 0 aliphatic carbocycles. The summed E-state index contributed by atoms with van der Waals surface area (Å²) in [4.78, 5) is 28.8. The Bertz CT molecular complexity index is 1440. The maximum atomic E-state index is 13.7. The van der Waals surface area contributed by atoms with Crippen molar-refractivity contribution >= 4 is 22.6 Å². The molecule has 32 heavy (non-hydrogen) atoms. The Morgan fingerprint density at radius 2 is 1.69 bits per heavy atom. The van der Waals surface area contributed by atoms with Crippen LogP contribution < -0.4 is 15.1 Å². The SMILES string of the molecule is COc1cc(C2c3c(oc4cc(C)c(C)cc4c3=O)C(=O)N2c2ccccc2)ccc1O. The van der Waals surface area contributed by atoms with Crippen LogP contribution >= 0.6 is 0 Å². The summed E-state index contributed by atoms with van der Waals surface area (Å²) in [5.41, 5.74) is 3.64. The number of hydrogen-bond acceptors (Lipinski definition) is 5. The molecule has 3 aromatic carbocycles. The van der Waals surface area contributed by atoms with Gasteiger partial charge in [0.2, 0.25) is 5.76 Å². The zero-order chi connectivity index (χ0) is 22.6. The van der Waals surface area contributed by atoms with Crippen LogP contribution in [0.3, 0.4) is 0 Å². The van der Waals surface area contributed by atoms with E-state index < -0.39 is 6.04 Å². The third-order valence-corrected chi connectivity index (χ3v) is 6.04. The highest BCUT2D eigenvalue weighted by molar-refractivity contribution is 6.10. The fourth-order valence-corrected chi connectivity index (χ4v) is 4.26. The van der Waals surface area contributed by atoms with Crippen LogP contribution in [-0.4, -0.2) is 18.1 Å². The molecule has 1 aliphatic heterocycles. The van der Waals surface area contributed by atoms with Crippen LogP contribution in [0.1, 0.15) is 38.9 Å². The number of anilines is 1. The van der Waals surface area contributed by atoms with Gasteiger partial charge in [-0.2, -0.15) is 0 Å². The van der Waals surface area contributed by atoms with E-state index in [2.05, 4.69) is 0 Å². The molecule has 5 rings (SSSR count). The number of aryl methyl sites for hydroxylation is 2. The van der Waals surface area contributed by atoms with Crippen LogP contribution in [-0.2, 0) is 0 Å². The molecule has 160 valence electrons. The quantitative estimate of drug-likeness (QED) is 0.504. The minimum Gasteiger partial charge on any atom is -0.504 e. The van der Waals surface area contributed by atoms with Gasteiger partial charge in [0, 0.05) is 5.69 Å². The summed E-state index contributed by atoms with van der Waals surface area (Å²) >= 11 is 0. The van der Waals surface area contributed by atoms with Crippen molar-refractivity contribution in [1.29, 1.82) is 0 Å². The molecule has 4 aromatic rings. The molecular weight excluding hydrogens is 406 g/mol. The normalized spacial score (nSPS) is 15.3. The highest BCUT2D eigenvalue weighted by Gasteiger charge is 2.43. The number of carbonyl (C=O) groups is 1. The molecule has 1 amide bonds. The Morgan fingerprint density at radius 1 is 0.969 bits per heavy atom. The number of fused-ring (bicyclic) bond motifs is 2. The predicted molar refractivity (Wildman–Crippen MR) is 122 cm³/mol. The summed E-state index contributed by atoms with van der Waals surface area (Å²) < 4.78 is 11.3. The molecule has 0 fully saturated rings. The summed E-state index contributed by atoms with van der Waals surface area (Å²) in [6.07, 6.45) is 0. The minimum absolute atomic E-state index is 0.0243. The summed E-state index contributed by atoms with van der Waals surface area (Å²) in [5, 5.41) is 10.5. The Kier molecular flexibility index (Phi) is 4.51. The van der Waals surface area contributed by atoms with E-state index in [4.69, 9.17) is 9.15 Å². The number of rotatable bonds is 3. The number of ether oxygens (including phenoxy) is 1. The molecule has 0 radical (unpaired) electrons. The number of amides is 1. The average molecular weight is 427 g/mol. The molecule has 0 saturated heterocycles. The van der Waals surface area contributed by atoms with Crippen molar-refractivity contribution in [2.75, 3.05) is 12.0 Å². The molecular formula is C26H21NO5. The van der Waals surface area contributed by atoms with E-state index in [1.807, 2.05) is 44.2 Å². The van der Waals surface area contributed by atoms with Gasteiger partial charge in [-0.05, 0) is 66.9 Å². The minimum atomic E-state index is -0.725. The first-order chi connectivity index (χ1) is 15.4. The maximum absolute atomic E-state index is 13.7. The first-order valence-corrected chi connectivity index (χ1v) is 10.2. The highest BCUT2D eigenvalue weighted by atomic mass is 16.5. The smallest absolute Gasteiger partial charge is 0.295 e. The lowest BCUT2D eigenvalue weighted by Crippen LogP contribution is -2.29. The first kappa shape index (κ1) is 19.9. The second kappa shape index (κ2) is 7.27. The molecule has 2 heterocycles. The van der Waals surface area contributed by atoms with Gasteiger partial charge < -0.3 is 14.3 Å². The zero-order valence-corrected chi connectivity index (χ0v) is 17.9. The van der Waals surface area contributed by atoms with Gasteiger partial charge in [0.1, 0.15) is 5.58 Å². The van der Waals surface area contributed by atoms with E-state index in [-0.39, 0.29) is 34.2 Å². The average Bonchev–Trinajstić information content (AvgIpc) is 3.09. The number of aromatic hydroxyl groups is 1. The van der Waals surface area contributed by atoms with Gasteiger partial charge >= 0.3 is 0 Å². The van der Waals surface area contributed by atoms with Crippen molar-refractivity contribution in [3.63, 3.8) is 0 Å². The van der Waals surface area contributed by atoms with Crippen LogP contribution in [0.2, 0.25) is 0 Å². The lowest BCUT2D eigenvalue weighted by Gasteiger charge is -2.25. The van der Waals surface area contributed by atoms with Crippen LogP contribution in [0, 0.1) is 13.8 Å². The summed E-state index contributed by atoms with van der Waals surface area (Å²) in [5.74, 6) is -0.121. The van der Waals surface area contributed by atoms with Crippen molar-refractivity contribution in [2.24, 2.45) is 0 Å². The fourth-order valence-electron chi connectivity index (χ4n) is 4.26. The Hall–Kier alpha value is -4.06. The summed E-state index contributed by atoms with van der Waals surface area (Å²) in [6, 6.07) is 16.8. The number of methoxy groups -OCH3 is 1. The van der Waals surface area contributed by atoms with Crippen LogP contribution in [0.15, 0.2) is 69.9 Å². The molecule has 1 unspecified atom stereocenters. The number of benzene rings is 3. The number of carbonyl (C=O) groups excluding carboxylic acids is 1. The number of phenols is 1. The number of nitrogens with zero attached hydrogens (tertiary/aromatic N) is 1. The van der Waals surface area contributed by atoms with E-state index in [0.29, 0.717) is 22.2 Å². The molecule has 1 aromatic heterocycles. The fraction of sp³-hybridized carbons (Fsp3) is 0.154. The predicted octanol–water partition coefficient (Wildman–Crippen LogP) is 4.87. The number of hydrogen-bond donors (Lipinski definition) is 1. The third kappa shape index (κ3) is 2.87. The van der Waals surface area contributed by atoms with E-state index in [0.717, 1.165) is 11.1 Å². The second-order valence-electron chi connectivity index (χ2n) is 7.95. The topological polar surface area (TPSA) is 80.0 Å². The number of phenolic OH excluding ortho intramolecular Hbond substituents is 1. The molecule has 1 N–H and O–H groups in total. The van der Waals surface area contributed by atoms with Gasteiger partial charge in [0.05, 0.1) is 24.1 Å². The van der Waals surface area contributed by atoms with Gasteiger partial charge in [-0.25, -0.2) is 0 Å². The van der Waals surface area contributed by atoms with E-state index in [9.17, 15) is 14.7 Å². The summed E-state index contributed by atoms with van der Waals surface area (Å²) in [6.45, 7) is 3.87. The third-order valence-electron chi connectivity index (χ3n) is 6.04. The van der Waals surface area contributed by atoms with Crippen molar-refractivity contribution in [1.82, 2.24) is 0 Å². The molecule has 0 saturated carbocycles. The Morgan fingerprint density at radius 3 is 2.41 bits per heavy atom. The van der Waals surface area contributed by atoms with Crippen LogP contribution in [0.25, 0.3) is 11.0 Å².